The van der Waals surface area contributed by atoms with Gasteiger partial charge in [-0.15, -0.1) is 0 Å². The van der Waals surface area contributed by atoms with Crippen molar-refractivity contribution in [2.24, 2.45) is 7.05 Å². The number of aryl methyl sites for hydroxylation is 2. The van der Waals surface area contributed by atoms with E-state index in [9.17, 15) is 4.79 Å². The summed E-state index contributed by atoms with van der Waals surface area (Å²) in [5.41, 5.74) is 1.75. The molecule has 0 saturated heterocycles. The number of unbranched alkanes of at least 4 members (excludes halogenated alkanes) is 1. The molecule has 0 amide bonds. The van der Waals surface area contributed by atoms with Crippen molar-refractivity contribution in [1.29, 1.82) is 0 Å². The summed E-state index contributed by atoms with van der Waals surface area (Å²) in [5, 5.41) is 7.17. The number of esters is 1. The Labute approximate surface area is 95.8 Å². The maximum atomic E-state index is 11.3. The number of carbonyl (C=O) groups excluding carboxylic acids is 1. The Morgan fingerprint density at radius 1 is 1.62 bits per heavy atom. The summed E-state index contributed by atoms with van der Waals surface area (Å²) >= 11 is 0. The summed E-state index contributed by atoms with van der Waals surface area (Å²) in [6, 6.07) is 0. The second kappa shape index (κ2) is 6.15. The van der Waals surface area contributed by atoms with E-state index in [1.54, 1.807) is 4.68 Å². The van der Waals surface area contributed by atoms with Crippen molar-refractivity contribution >= 4 is 11.7 Å². The van der Waals surface area contributed by atoms with Gasteiger partial charge in [-0.05, 0) is 13.3 Å². The molecule has 0 aromatic carbocycles. The van der Waals surface area contributed by atoms with E-state index in [-0.39, 0.29) is 12.5 Å². The molecule has 0 saturated carbocycles. The molecule has 0 aliphatic carbocycles. The van der Waals surface area contributed by atoms with Crippen LogP contribution in [0.4, 0.5) is 5.69 Å². The van der Waals surface area contributed by atoms with Gasteiger partial charge in [0.25, 0.3) is 0 Å². The lowest BCUT2D eigenvalue weighted by Gasteiger charge is -2.05. The first-order valence-electron chi connectivity index (χ1n) is 5.53. The largest absolute Gasteiger partial charge is 0.464 e. The fourth-order valence-corrected chi connectivity index (χ4v) is 1.32. The number of carbonyl (C=O) groups is 1. The number of hydrogen-bond donors (Lipinski definition) is 1. The number of rotatable bonds is 6. The third kappa shape index (κ3) is 3.92. The van der Waals surface area contributed by atoms with E-state index in [0.29, 0.717) is 6.61 Å². The van der Waals surface area contributed by atoms with Crippen LogP contribution in [0.15, 0.2) is 6.20 Å². The van der Waals surface area contributed by atoms with E-state index in [4.69, 9.17) is 4.74 Å². The molecule has 1 aromatic rings. The van der Waals surface area contributed by atoms with Gasteiger partial charge in [-0.1, -0.05) is 13.3 Å². The van der Waals surface area contributed by atoms with E-state index in [1.807, 2.05) is 20.2 Å². The van der Waals surface area contributed by atoms with Crippen LogP contribution in [-0.2, 0) is 16.6 Å². The van der Waals surface area contributed by atoms with E-state index in [2.05, 4.69) is 17.3 Å². The first kappa shape index (κ1) is 12.5. The summed E-state index contributed by atoms with van der Waals surface area (Å²) < 4.78 is 6.73. The predicted molar refractivity (Wildman–Crippen MR) is 62.3 cm³/mol. The lowest BCUT2D eigenvalue weighted by atomic mass is 10.4. The highest BCUT2D eigenvalue weighted by atomic mass is 16.5. The zero-order chi connectivity index (χ0) is 12.0. The minimum atomic E-state index is -0.225. The van der Waals surface area contributed by atoms with Crippen LogP contribution in [0.2, 0.25) is 0 Å². The molecule has 0 spiro atoms. The Kier molecular flexibility index (Phi) is 4.82. The van der Waals surface area contributed by atoms with Crippen LogP contribution in [0.25, 0.3) is 0 Å². The van der Waals surface area contributed by atoms with Gasteiger partial charge >= 0.3 is 5.97 Å². The van der Waals surface area contributed by atoms with Crippen molar-refractivity contribution < 1.29 is 9.53 Å². The Hall–Kier alpha value is -1.52. The van der Waals surface area contributed by atoms with Crippen LogP contribution in [0.1, 0.15) is 25.5 Å². The third-order valence-corrected chi connectivity index (χ3v) is 2.20. The molecule has 90 valence electrons. The molecule has 0 unspecified atom stereocenters. The maximum absolute atomic E-state index is 11.3. The van der Waals surface area contributed by atoms with Crippen molar-refractivity contribution in [1.82, 2.24) is 9.78 Å². The standard InChI is InChI=1S/C11H19N3O2/c1-4-5-6-16-11(15)7-12-10-8-14(3)13-9(10)2/h8,12H,4-7H2,1-3H3. The van der Waals surface area contributed by atoms with Gasteiger partial charge < -0.3 is 10.1 Å². The van der Waals surface area contributed by atoms with Crippen LogP contribution in [0.5, 0.6) is 0 Å². The fourth-order valence-electron chi connectivity index (χ4n) is 1.32. The molecule has 1 N–H and O–H groups in total. The molecular formula is C11H19N3O2. The summed E-state index contributed by atoms with van der Waals surface area (Å²) in [7, 11) is 1.84. The summed E-state index contributed by atoms with van der Waals surface area (Å²) in [4.78, 5) is 11.3. The first-order chi connectivity index (χ1) is 7.63. The Morgan fingerprint density at radius 3 is 2.94 bits per heavy atom. The fraction of sp³-hybridized carbons (Fsp3) is 0.636. The maximum Gasteiger partial charge on any atom is 0.325 e. The zero-order valence-electron chi connectivity index (χ0n) is 10.1. The van der Waals surface area contributed by atoms with Crippen molar-refractivity contribution in [2.75, 3.05) is 18.5 Å². The minimum Gasteiger partial charge on any atom is -0.464 e. The Balaban J connectivity index is 2.29. The normalized spacial score (nSPS) is 10.2. The number of ether oxygens (including phenoxy) is 1. The molecular weight excluding hydrogens is 206 g/mol. The molecule has 0 fully saturated rings. The third-order valence-electron chi connectivity index (χ3n) is 2.20. The van der Waals surface area contributed by atoms with E-state index in [1.165, 1.54) is 0 Å². The molecule has 1 heterocycles. The highest BCUT2D eigenvalue weighted by Crippen LogP contribution is 2.10. The van der Waals surface area contributed by atoms with Gasteiger partial charge in [0.2, 0.25) is 0 Å². The highest BCUT2D eigenvalue weighted by Gasteiger charge is 2.06. The number of anilines is 1. The van der Waals surface area contributed by atoms with Gasteiger partial charge in [-0.3, -0.25) is 9.48 Å². The molecule has 0 aliphatic rings. The second-order valence-corrected chi connectivity index (χ2v) is 3.73. The minimum absolute atomic E-state index is 0.191. The molecule has 0 atom stereocenters. The average Bonchev–Trinajstić information content (AvgIpc) is 2.55. The Morgan fingerprint density at radius 2 is 2.38 bits per heavy atom. The van der Waals surface area contributed by atoms with E-state index >= 15 is 0 Å². The summed E-state index contributed by atoms with van der Waals surface area (Å²) in [6.07, 6.45) is 3.79. The number of nitrogens with zero attached hydrogens (tertiary/aromatic N) is 2. The molecule has 1 aromatic heterocycles. The van der Waals surface area contributed by atoms with Gasteiger partial charge in [0.15, 0.2) is 0 Å². The molecule has 1 rings (SSSR count). The van der Waals surface area contributed by atoms with Gasteiger partial charge in [0.1, 0.15) is 6.54 Å². The van der Waals surface area contributed by atoms with Crippen molar-refractivity contribution in [3.8, 4) is 0 Å². The summed E-state index contributed by atoms with van der Waals surface area (Å²) in [5.74, 6) is -0.225. The van der Waals surface area contributed by atoms with E-state index in [0.717, 1.165) is 24.2 Å². The van der Waals surface area contributed by atoms with E-state index < -0.39 is 0 Å². The quantitative estimate of drug-likeness (QED) is 0.588. The highest BCUT2D eigenvalue weighted by molar-refractivity contribution is 5.75. The zero-order valence-corrected chi connectivity index (χ0v) is 10.1. The molecule has 5 nitrogen and oxygen atoms in total. The second-order valence-electron chi connectivity index (χ2n) is 3.73. The molecule has 0 bridgehead atoms. The molecule has 0 aliphatic heterocycles. The first-order valence-corrected chi connectivity index (χ1v) is 5.53. The number of aromatic nitrogens is 2. The van der Waals surface area contributed by atoms with Crippen LogP contribution in [0.3, 0.4) is 0 Å². The number of hydrogen-bond acceptors (Lipinski definition) is 4. The smallest absolute Gasteiger partial charge is 0.325 e. The summed E-state index contributed by atoms with van der Waals surface area (Å²) in [6.45, 7) is 4.65. The molecule has 5 heteroatoms. The van der Waals surface area contributed by atoms with Crippen LogP contribution in [-0.4, -0.2) is 28.9 Å². The van der Waals surface area contributed by atoms with Crippen molar-refractivity contribution in [3.63, 3.8) is 0 Å². The van der Waals surface area contributed by atoms with Gasteiger partial charge in [0.05, 0.1) is 18.0 Å². The van der Waals surface area contributed by atoms with Crippen LogP contribution < -0.4 is 5.32 Å². The molecule has 0 radical (unpaired) electrons. The predicted octanol–water partition coefficient (Wildman–Crippen LogP) is 1.48. The van der Waals surface area contributed by atoms with Crippen LogP contribution >= 0.6 is 0 Å². The topological polar surface area (TPSA) is 56.1 Å². The molecule has 16 heavy (non-hydrogen) atoms. The SMILES string of the molecule is CCCCOC(=O)CNc1cn(C)nc1C. The lowest BCUT2D eigenvalue weighted by Crippen LogP contribution is -2.17. The average molecular weight is 225 g/mol. The lowest BCUT2D eigenvalue weighted by molar-refractivity contribution is -0.141. The van der Waals surface area contributed by atoms with Crippen molar-refractivity contribution in [2.45, 2.75) is 26.7 Å². The Bertz CT molecular complexity index is 347. The number of nitrogens with one attached hydrogen (secondary N) is 1. The van der Waals surface area contributed by atoms with Gasteiger partial charge in [0, 0.05) is 13.2 Å². The van der Waals surface area contributed by atoms with Crippen LogP contribution in [0, 0.1) is 6.92 Å². The van der Waals surface area contributed by atoms with Crippen molar-refractivity contribution in [3.05, 3.63) is 11.9 Å². The van der Waals surface area contributed by atoms with Gasteiger partial charge in [-0.25, -0.2) is 0 Å². The monoisotopic (exact) mass is 225 g/mol. The van der Waals surface area contributed by atoms with Gasteiger partial charge in [-0.2, -0.15) is 5.10 Å².